The Morgan fingerprint density at radius 1 is 1.00 bits per heavy atom. The average Bonchev–Trinajstić information content (AvgIpc) is 3.04. The number of benzene rings is 2. The Bertz CT molecular complexity index is 850. The molecule has 0 saturated heterocycles. The van der Waals surface area contributed by atoms with E-state index in [1.54, 1.807) is 0 Å². The highest BCUT2D eigenvalue weighted by atomic mass is 15.5. The van der Waals surface area contributed by atoms with Crippen LogP contribution < -0.4 is 5.32 Å². The molecular weight excluding hydrogens is 320 g/mol. The van der Waals surface area contributed by atoms with Crippen molar-refractivity contribution in [1.29, 1.82) is 0 Å². The largest absolute Gasteiger partial charge is 0.306 e. The molecule has 0 saturated carbocycles. The highest BCUT2D eigenvalue weighted by Crippen LogP contribution is 2.21. The summed E-state index contributed by atoms with van der Waals surface area (Å²) in [5, 5.41) is 13.2. The molecule has 0 radical (unpaired) electrons. The summed E-state index contributed by atoms with van der Waals surface area (Å²) in [6.45, 7) is 10.1. The quantitative estimate of drug-likeness (QED) is 0.679. The molecule has 0 fully saturated rings. The first kappa shape index (κ1) is 18.3. The summed E-state index contributed by atoms with van der Waals surface area (Å²) in [7, 11) is 0. The number of hydrogen-bond donors (Lipinski definition) is 1. The lowest BCUT2D eigenvalue weighted by Gasteiger charge is -2.24. The van der Waals surface area contributed by atoms with Crippen molar-refractivity contribution in [2.24, 2.45) is 0 Å². The zero-order valence-electron chi connectivity index (χ0n) is 16.2. The van der Waals surface area contributed by atoms with E-state index in [0.717, 1.165) is 23.4 Å². The Balaban J connectivity index is 1.89. The third kappa shape index (κ3) is 4.58. The summed E-state index contributed by atoms with van der Waals surface area (Å²) in [5.41, 5.74) is 5.60. The molecule has 0 spiro atoms. The highest BCUT2D eigenvalue weighted by molar-refractivity contribution is 5.60. The van der Waals surface area contributed by atoms with E-state index in [4.69, 9.17) is 10.2 Å². The molecule has 0 aliphatic heterocycles. The van der Waals surface area contributed by atoms with E-state index in [2.05, 4.69) is 69.4 Å². The van der Waals surface area contributed by atoms with Gasteiger partial charge in [0.1, 0.15) is 11.4 Å². The summed E-state index contributed by atoms with van der Waals surface area (Å²) in [6, 6.07) is 18.8. The molecule has 3 rings (SSSR count). The topological polar surface area (TPSA) is 42.7 Å². The van der Waals surface area contributed by atoms with Gasteiger partial charge >= 0.3 is 0 Å². The molecule has 136 valence electrons. The fraction of sp³-hybridized carbons (Fsp3) is 0.364. The third-order valence-corrected chi connectivity index (χ3v) is 4.80. The number of rotatable bonds is 7. The van der Waals surface area contributed by atoms with Crippen molar-refractivity contribution >= 4 is 0 Å². The second-order valence-corrected chi connectivity index (χ2v) is 7.47. The smallest absolute Gasteiger partial charge is 0.117 e. The minimum atomic E-state index is 0.0777. The molecule has 0 unspecified atom stereocenters. The number of aromatic nitrogens is 3. The molecule has 0 aliphatic rings. The van der Waals surface area contributed by atoms with Crippen molar-refractivity contribution in [1.82, 2.24) is 20.3 Å². The van der Waals surface area contributed by atoms with E-state index in [-0.39, 0.29) is 5.54 Å². The minimum Gasteiger partial charge on any atom is -0.306 e. The van der Waals surface area contributed by atoms with Gasteiger partial charge in [-0.25, -0.2) is 0 Å². The van der Waals surface area contributed by atoms with Gasteiger partial charge in [0.15, 0.2) is 0 Å². The molecule has 0 atom stereocenters. The van der Waals surface area contributed by atoms with Gasteiger partial charge in [-0.2, -0.15) is 15.0 Å². The Morgan fingerprint density at radius 2 is 1.77 bits per heavy atom. The van der Waals surface area contributed by atoms with Crippen LogP contribution in [0.3, 0.4) is 0 Å². The zero-order chi connectivity index (χ0) is 18.6. The van der Waals surface area contributed by atoms with Crippen LogP contribution in [0.4, 0.5) is 0 Å². The Kier molecular flexibility index (Phi) is 5.52. The number of nitrogens with zero attached hydrogens (tertiary/aromatic N) is 3. The second kappa shape index (κ2) is 7.83. The third-order valence-electron chi connectivity index (χ3n) is 4.80. The van der Waals surface area contributed by atoms with Gasteiger partial charge < -0.3 is 5.32 Å². The molecule has 26 heavy (non-hydrogen) atoms. The zero-order valence-corrected chi connectivity index (χ0v) is 16.2. The molecule has 1 N–H and O–H groups in total. The van der Waals surface area contributed by atoms with Gasteiger partial charge in [0.2, 0.25) is 0 Å². The average molecular weight is 348 g/mol. The van der Waals surface area contributed by atoms with Gasteiger partial charge in [0, 0.05) is 17.6 Å². The highest BCUT2D eigenvalue weighted by Gasteiger charge is 2.18. The van der Waals surface area contributed by atoms with Gasteiger partial charge in [0.25, 0.3) is 0 Å². The van der Waals surface area contributed by atoms with Gasteiger partial charge in [-0.3, -0.25) is 0 Å². The van der Waals surface area contributed by atoms with Crippen LogP contribution in [0.1, 0.15) is 44.0 Å². The molecule has 0 bridgehead atoms. The molecule has 0 aliphatic carbocycles. The SMILES string of the molecule is CCC(C)(C)NCc1nn(Cc2cccc(C)c2)nc1-c1ccccc1. The fourth-order valence-corrected chi connectivity index (χ4v) is 2.81. The van der Waals surface area contributed by atoms with Gasteiger partial charge in [-0.05, 0) is 32.8 Å². The molecule has 1 heterocycles. The first-order valence-corrected chi connectivity index (χ1v) is 9.27. The standard InChI is InChI=1S/C22H28N4/c1-5-22(3,4)23-15-20-21(19-12-7-6-8-13-19)25-26(24-20)16-18-11-9-10-17(2)14-18/h6-14,23H,5,15-16H2,1-4H3. The van der Waals surface area contributed by atoms with Gasteiger partial charge in [0.05, 0.1) is 6.54 Å². The predicted molar refractivity (Wildman–Crippen MR) is 107 cm³/mol. The van der Waals surface area contributed by atoms with Crippen molar-refractivity contribution in [3.05, 3.63) is 71.4 Å². The van der Waals surface area contributed by atoms with Crippen LogP contribution in [-0.4, -0.2) is 20.5 Å². The maximum atomic E-state index is 4.80. The molecule has 3 aromatic rings. The summed E-state index contributed by atoms with van der Waals surface area (Å²) in [4.78, 5) is 1.81. The Hall–Kier alpha value is -2.46. The summed E-state index contributed by atoms with van der Waals surface area (Å²) >= 11 is 0. The minimum absolute atomic E-state index is 0.0777. The van der Waals surface area contributed by atoms with Crippen LogP contribution in [0.15, 0.2) is 54.6 Å². The van der Waals surface area contributed by atoms with Crippen LogP contribution in [0, 0.1) is 6.92 Å². The van der Waals surface area contributed by atoms with Crippen molar-refractivity contribution < 1.29 is 0 Å². The van der Waals surface area contributed by atoms with Crippen molar-refractivity contribution in [2.45, 2.75) is 52.7 Å². The Labute approximate surface area is 156 Å². The molecule has 0 amide bonds. The van der Waals surface area contributed by atoms with E-state index < -0.39 is 0 Å². The molecular formula is C22H28N4. The summed E-state index contributed by atoms with van der Waals surface area (Å²) in [5.74, 6) is 0. The van der Waals surface area contributed by atoms with Gasteiger partial charge in [-0.1, -0.05) is 67.1 Å². The van der Waals surface area contributed by atoms with Crippen LogP contribution in [-0.2, 0) is 13.1 Å². The van der Waals surface area contributed by atoms with E-state index in [0.29, 0.717) is 13.1 Å². The van der Waals surface area contributed by atoms with E-state index in [9.17, 15) is 0 Å². The maximum absolute atomic E-state index is 4.80. The first-order chi connectivity index (χ1) is 12.5. The maximum Gasteiger partial charge on any atom is 0.117 e. The van der Waals surface area contributed by atoms with Crippen molar-refractivity contribution in [2.75, 3.05) is 0 Å². The van der Waals surface area contributed by atoms with E-state index in [1.807, 2.05) is 23.0 Å². The first-order valence-electron chi connectivity index (χ1n) is 9.27. The molecule has 4 nitrogen and oxygen atoms in total. The normalized spacial score (nSPS) is 11.7. The van der Waals surface area contributed by atoms with Crippen LogP contribution in [0.25, 0.3) is 11.3 Å². The second-order valence-electron chi connectivity index (χ2n) is 7.47. The lowest BCUT2D eigenvalue weighted by Crippen LogP contribution is -2.38. The van der Waals surface area contributed by atoms with Crippen LogP contribution in [0.2, 0.25) is 0 Å². The number of aryl methyl sites for hydroxylation is 1. The van der Waals surface area contributed by atoms with Crippen LogP contribution >= 0.6 is 0 Å². The molecule has 1 aromatic heterocycles. The summed E-state index contributed by atoms with van der Waals surface area (Å²) < 4.78 is 0. The van der Waals surface area contributed by atoms with E-state index in [1.165, 1.54) is 11.1 Å². The molecule has 2 aromatic carbocycles. The lowest BCUT2D eigenvalue weighted by molar-refractivity contribution is 0.371. The van der Waals surface area contributed by atoms with Crippen molar-refractivity contribution in [3.8, 4) is 11.3 Å². The predicted octanol–water partition coefficient (Wildman–Crippen LogP) is 4.58. The van der Waals surface area contributed by atoms with E-state index >= 15 is 0 Å². The lowest BCUT2D eigenvalue weighted by atomic mass is 10.0. The van der Waals surface area contributed by atoms with Gasteiger partial charge in [-0.15, -0.1) is 0 Å². The number of nitrogens with one attached hydrogen (secondary N) is 1. The summed E-state index contributed by atoms with van der Waals surface area (Å²) in [6.07, 6.45) is 1.06. The van der Waals surface area contributed by atoms with Crippen LogP contribution in [0.5, 0.6) is 0 Å². The molecule has 4 heteroatoms. The number of hydrogen-bond acceptors (Lipinski definition) is 3. The fourth-order valence-electron chi connectivity index (χ4n) is 2.81. The van der Waals surface area contributed by atoms with Crippen molar-refractivity contribution in [3.63, 3.8) is 0 Å². The monoisotopic (exact) mass is 348 g/mol. The Morgan fingerprint density at radius 3 is 2.46 bits per heavy atom.